The van der Waals surface area contributed by atoms with Gasteiger partial charge in [-0.25, -0.2) is 0 Å². The lowest BCUT2D eigenvalue weighted by molar-refractivity contribution is 0.532. The van der Waals surface area contributed by atoms with Crippen molar-refractivity contribution in [2.75, 3.05) is 11.1 Å². The van der Waals surface area contributed by atoms with Gasteiger partial charge >= 0.3 is 0 Å². The maximum absolute atomic E-state index is 5.89. The summed E-state index contributed by atoms with van der Waals surface area (Å²) in [5.41, 5.74) is 8.04. The maximum Gasteiger partial charge on any atom is 0.295 e. The Kier molecular flexibility index (Phi) is 4.66. The average Bonchev–Trinajstić information content (AvgIpc) is 2.80. The number of nitrogen functional groups attached to an aromatic ring is 1. The molecule has 1 heterocycles. The number of rotatable bonds is 7. The molecule has 0 saturated heterocycles. The number of aromatic nitrogens is 1. The summed E-state index contributed by atoms with van der Waals surface area (Å²) in [5.74, 6) is 0. The predicted molar refractivity (Wildman–Crippen MR) is 80.3 cm³/mol. The van der Waals surface area contributed by atoms with Crippen LogP contribution >= 0.6 is 0 Å². The number of hydrogen-bond donors (Lipinski definition) is 2. The highest BCUT2D eigenvalue weighted by atomic mass is 16.4. The minimum Gasteiger partial charge on any atom is -0.423 e. The van der Waals surface area contributed by atoms with Gasteiger partial charge in [0.2, 0.25) is 0 Å². The summed E-state index contributed by atoms with van der Waals surface area (Å²) in [6.45, 7) is 4.41. The molecule has 0 spiro atoms. The van der Waals surface area contributed by atoms with Gasteiger partial charge in [0.05, 0.1) is 5.69 Å². The zero-order valence-corrected chi connectivity index (χ0v) is 11.8. The summed E-state index contributed by atoms with van der Waals surface area (Å²) in [6.07, 6.45) is 5.87. The fourth-order valence-electron chi connectivity index (χ4n) is 2.29. The Morgan fingerprint density at radius 3 is 2.79 bits per heavy atom. The summed E-state index contributed by atoms with van der Waals surface area (Å²) in [5, 5.41) is 3.40. The average molecular weight is 261 g/mol. The molecule has 0 saturated carbocycles. The first kappa shape index (κ1) is 13.7. The highest BCUT2D eigenvalue weighted by Gasteiger charge is 2.12. The number of fused-ring (bicyclic) bond motifs is 1. The van der Waals surface area contributed by atoms with E-state index in [1.54, 1.807) is 0 Å². The van der Waals surface area contributed by atoms with Crippen LogP contribution in [0.2, 0.25) is 0 Å². The highest BCUT2D eigenvalue weighted by Crippen LogP contribution is 2.25. The first-order valence-corrected chi connectivity index (χ1v) is 7.16. The Labute approximate surface area is 114 Å². The van der Waals surface area contributed by atoms with E-state index in [4.69, 9.17) is 10.2 Å². The summed E-state index contributed by atoms with van der Waals surface area (Å²) < 4.78 is 5.70. The fourth-order valence-corrected chi connectivity index (χ4v) is 2.29. The van der Waals surface area contributed by atoms with Crippen molar-refractivity contribution in [3.05, 3.63) is 18.2 Å². The third-order valence-electron chi connectivity index (χ3n) is 3.32. The Balaban J connectivity index is 2.12. The summed E-state index contributed by atoms with van der Waals surface area (Å²) in [4.78, 5) is 4.44. The van der Waals surface area contributed by atoms with E-state index >= 15 is 0 Å². The van der Waals surface area contributed by atoms with Gasteiger partial charge in [-0.05, 0) is 25.0 Å². The SMILES string of the molecule is CCCCC(CCC)Nc1nc2c(N)cccc2o1. The van der Waals surface area contributed by atoms with Gasteiger partial charge in [-0.2, -0.15) is 4.98 Å². The molecule has 1 aromatic carbocycles. The van der Waals surface area contributed by atoms with Crippen molar-refractivity contribution in [1.82, 2.24) is 4.98 Å². The van der Waals surface area contributed by atoms with Crippen LogP contribution in [-0.4, -0.2) is 11.0 Å². The molecule has 4 nitrogen and oxygen atoms in total. The second-order valence-corrected chi connectivity index (χ2v) is 4.99. The summed E-state index contributed by atoms with van der Waals surface area (Å²) in [6, 6.07) is 6.63. The molecule has 0 aliphatic rings. The van der Waals surface area contributed by atoms with E-state index in [9.17, 15) is 0 Å². The van der Waals surface area contributed by atoms with Crippen LogP contribution in [0.4, 0.5) is 11.7 Å². The molecule has 1 unspecified atom stereocenters. The molecule has 1 atom stereocenters. The molecule has 0 bridgehead atoms. The molecule has 19 heavy (non-hydrogen) atoms. The van der Waals surface area contributed by atoms with E-state index in [2.05, 4.69) is 24.1 Å². The van der Waals surface area contributed by atoms with E-state index in [0.29, 0.717) is 17.7 Å². The molecule has 2 aromatic rings. The van der Waals surface area contributed by atoms with Crippen LogP contribution in [0.15, 0.2) is 22.6 Å². The Morgan fingerprint density at radius 1 is 1.26 bits per heavy atom. The standard InChI is InChI=1S/C15H23N3O/c1-3-5-8-11(7-4-2)17-15-18-14-12(16)9-6-10-13(14)19-15/h6,9-11H,3-5,7-8,16H2,1-2H3,(H,17,18). The molecule has 1 aromatic heterocycles. The number of nitrogens with one attached hydrogen (secondary N) is 1. The Hall–Kier alpha value is -1.71. The van der Waals surface area contributed by atoms with E-state index < -0.39 is 0 Å². The second kappa shape index (κ2) is 6.45. The van der Waals surface area contributed by atoms with Crippen molar-refractivity contribution in [3.63, 3.8) is 0 Å². The zero-order chi connectivity index (χ0) is 13.7. The Morgan fingerprint density at radius 2 is 2.11 bits per heavy atom. The van der Waals surface area contributed by atoms with Gasteiger partial charge in [0.25, 0.3) is 6.01 Å². The summed E-state index contributed by atoms with van der Waals surface area (Å²) in [7, 11) is 0. The van der Waals surface area contributed by atoms with Crippen molar-refractivity contribution >= 4 is 22.8 Å². The van der Waals surface area contributed by atoms with Crippen LogP contribution in [0.3, 0.4) is 0 Å². The third-order valence-corrected chi connectivity index (χ3v) is 3.32. The molecule has 0 fully saturated rings. The minimum absolute atomic E-state index is 0.430. The van der Waals surface area contributed by atoms with Crippen molar-refractivity contribution in [1.29, 1.82) is 0 Å². The van der Waals surface area contributed by atoms with Gasteiger partial charge in [0.15, 0.2) is 5.58 Å². The lowest BCUT2D eigenvalue weighted by Crippen LogP contribution is -2.19. The molecule has 0 radical (unpaired) electrons. The van der Waals surface area contributed by atoms with E-state index in [1.165, 1.54) is 12.8 Å². The van der Waals surface area contributed by atoms with E-state index in [0.717, 1.165) is 30.4 Å². The van der Waals surface area contributed by atoms with Gasteiger partial charge < -0.3 is 15.5 Å². The van der Waals surface area contributed by atoms with Crippen LogP contribution < -0.4 is 11.1 Å². The van der Waals surface area contributed by atoms with Gasteiger partial charge in [0.1, 0.15) is 5.52 Å². The molecule has 4 heteroatoms. The van der Waals surface area contributed by atoms with Crippen LogP contribution in [0.25, 0.3) is 11.1 Å². The lowest BCUT2D eigenvalue weighted by atomic mass is 10.1. The van der Waals surface area contributed by atoms with Gasteiger partial charge in [-0.1, -0.05) is 39.2 Å². The number of nitrogens with zero attached hydrogens (tertiary/aromatic N) is 1. The minimum atomic E-state index is 0.430. The number of unbranched alkanes of at least 4 members (excludes halogenated alkanes) is 1. The van der Waals surface area contributed by atoms with Crippen LogP contribution in [0.5, 0.6) is 0 Å². The summed E-state index contributed by atoms with van der Waals surface area (Å²) >= 11 is 0. The fraction of sp³-hybridized carbons (Fsp3) is 0.533. The third kappa shape index (κ3) is 3.40. The normalized spacial score (nSPS) is 12.7. The number of nitrogens with two attached hydrogens (primary N) is 1. The topological polar surface area (TPSA) is 64.1 Å². The van der Waals surface area contributed by atoms with Crippen molar-refractivity contribution in [2.24, 2.45) is 0 Å². The number of anilines is 2. The molecular weight excluding hydrogens is 238 g/mol. The van der Waals surface area contributed by atoms with Crippen molar-refractivity contribution < 1.29 is 4.42 Å². The molecule has 2 rings (SSSR count). The largest absolute Gasteiger partial charge is 0.423 e. The molecule has 0 aliphatic heterocycles. The molecule has 0 aliphatic carbocycles. The molecular formula is C15H23N3O. The number of benzene rings is 1. The predicted octanol–water partition coefficient (Wildman–Crippen LogP) is 4.18. The van der Waals surface area contributed by atoms with Crippen LogP contribution in [-0.2, 0) is 0 Å². The van der Waals surface area contributed by atoms with Crippen LogP contribution in [0, 0.1) is 0 Å². The van der Waals surface area contributed by atoms with E-state index in [-0.39, 0.29) is 0 Å². The van der Waals surface area contributed by atoms with Crippen molar-refractivity contribution in [2.45, 2.75) is 52.0 Å². The number of oxazole rings is 1. The molecule has 104 valence electrons. The zero-order valence-electron chi connectivity index (χ0n) is 11.8. The van der Waals surface area contributed by atoms with Crippen LogP contribution in [0.1, 0.15) is 46.0 Å². The first-order valence-electron chi connectivity index (χ1n) is 7.16. The number of hydrogen-bond acceptors (Lipinski definition) is 4. The first-order chi connectivity index (χ1) is 9.24. The van der Waals surface area contributed by atoms with Crippen molar-refractivity contribution in [3.8, 4) is 0 Å². The smallest absolute Gasteiger partial charge is 0.295 e. The highest BCUT2D eigenvalue weighted by molar-refractivity contribution is 5.86. The van der Waals surface area contributed by atoms with Gasteiger partial charge in [-0.15, -0.1) is 0 Å². The molecule has 3 N–H and O–H groups in total. The quantitative estimate of drug-likeness (QED) is 0.734. The second-order valence-electron chi connectivity index (χ2n) is 4.99. The van der Waals surface area contributed by atoms with E-state index in [1.807, 2.05) is 18.2 Å². The Bertz CT molecular complexity index is 521. The molecule has 0 amide bonds. The maximum atomic E-state index is 5.89. The lowest BCUT2D eigenvalue weighted by Gasteiger charge is -2.15. The van der Waals surface area contributed by atoms with Gasteiger partial charge in [0, 0.05) is 6.04 Å². The number of para-hydroxylation sites is 1. The van der Waals surface area contributed by atoms with Gasteiger partial charge in [-0.3, -0.25) is 0 Å². The monoisotopic (exact) mass is 261 g/mol.